The van der Waals surface area contributed by atoms with Crippen molar-refractivity contribution in [1.82, 2.24) is 0 Å². The first-order valence-corrected chi connectivity index (χ1v) is 13.1. The summed E-state index contributed by atoms with van der Waals surface area (Å²) in [6.45, 7) is -0.788. The largest absolute Gasteiger partial charge is 0.507 e. The minimum absolute atomic E-state index is 0.0155. The number of aliphatic hydroxyl groups is 7. The maximum absolute atomic E-state index is 13.1. The van der Waals surface area contributed by atoms with Crippen LogP contribution in [0.25, 0.3) is 0 Å². The summed E-state index contributed by atoms with van der Waals surface area (Å²) in [7, 11) is 0. The van der Waals surface area contributed by atoms with Gasteiger partial charge < -0.3 is 70.4 Å². The zero-order valence-corrected chi connectivity index (χ0v) is 22.2. The van der Waals surface area contributed by atoms with Gasteiger partial charge >= 0.3 is 5.97 Å². The van der Waals surface area contributed by atoms with E-state index < -0.39 is 108 Å². The van der Waals surface area contributed by atoms with Crippen molar-refractivity contribution in [3.63, 3.8) is 0 Å². The van der Waals surface area contributed by atoms with Crippen LogP contribution in [0.5, 0.6) is 23.0 Å². The SMILES string of the molecule is O=C(CCc1cccc(OC2OC(C(=O)O)C(O)C(O)C2O)c1)c1c(O)cc(O)c(C2OC(CO)C(O)C(O)C2O)c1O. The molecule has 11 N–H and O–H groups in total. The fraction of sp³-hybridized carbons (Fsp3) is 0.481. The summed E-state index contributed by atoms with van der Waals surface area (Å²) in [6.07, 6.45) is -18.0. The smallest absolute Gasteiger partial charge is 0.335 e. The number of hydrogen-bond donors (Lipinski definition) is 11. The van der Waals surface area contributed by atoms with Crippen LogP contribution >= 0.6 is 0 Å². The quantitative estimate of drug-likeness (QED) is 0.129. The van der Waals surface area contributed by atoms with E-state index in [1.807, 2.05) is 0 Å². The van der Waals surface area contributed by atoms with E-state index >= 15 is 0 Å². The molecule has 43 heavy (non-hydrogen) atoms. The number of rotatable bonds is 9. The Balaban J connectivity index is 1.50. The van der Waals surface area contributed by atoms with Crippen molar-refractivity contribution in [3.05, 3.63) is 47.0 Å². The lowest BCUT2D eigenvalue weighted by Gasteiger charge is -2.40. The summed E-state index contributed by atoms with van der Waals surface area (Å²) in [5.74, 6) is -4.92. The first-order valence-electron chi connectivity index (χ1n) is 13.1. The van der Waals surface area contributed by atoms with Crippen LogP contribution in [0.4, 0.5) is 0 Å². The third-order valence-electron chi connectivity index (χ3n) is 7.36. The number of ketones is 1. The summed E-state index contributed by atoms with van der Waals surface area (Å²) in [5.41, 5.74) is -0.743. The van der Waals surface area contributed by atoms with Crippen molar-refractivity contribution in [2.24, 2.45) is 0 Å². The van der Waals surface area contributed by atoms with Crippen LogP contribution in [-0.4, -0.2) is 130 Å². The van der Waals surface area contributed by atoms with E-state index in [0.29, 0.717) is 5.56 Å². The zero-order valence-electron chi connectivity index (χ0n) is 22.2. The molecule has 10 atom stereocenters. The average molecular weight is 613 g/mol. The number of aryl methyl sites for hydroxylation is 1. The summed E-state index contributed by atoms with van der Waals surface area (Å²) < 4.78 is 15.9. The molecule has 0 saturated carbocycles. The Hall–Kier alpha value is -3.58. The van der Waals surface area contributed by atoms with Crippen molar-refractivity contribution in [3.8, 4) is 23.0 Å². The molecule has 2 aromatic rings. The van der Waals surface area contributed by atoms with E-state index in [4.69, 9.17) is 14.2 Å². The molecule has 10 unspecified atom stereocenters. The Labute approximate surface area is 242 Å². The molecule has 16 nitrogen and oxygen atoms in total. The van der Waals surface area contributed by atoms with Crippen molar-refractivity contribution in [2.75, 3.05) is 6.61 Å². The lowest BCUT2D eigenvalue weighted by molar-refractivity contribution is -0.271. The number of Topliss-reactive ketones (excluding diaryl/α,β-unsaturated/α-hetero) is 1. The number of carboxylic acid groups (broad SMARTS) is 1. The van der Waals surface area contributed by atoms with Crippen LogP contribution < -0.4 is 4.74 Å². The molecule has 16 heteroatoms. The highest BCUT2D eigenvalue weighted by molar-refractivity contribution is 6.02. The Morgan fingerprint density at radius 3 is 2.14 bits per heavy atom. The van der Waals surface area contributed by atoms with Gasteiger partial charge in [0.2, 0.25) is 6.29 Å². The van der Waals surface area contributed by atoms with Gasteiger partial charge in [-0.3, -0.25) is 4.79 Å². The number of phenolic OH excluding ortho intramolecular Hbond substituents is 3. The molecule has 0 radical (unpaired) electrons. The Morgan fingerprint density at radius 1 is 0.814 bits per heavy atom. The lowest BCUT2D eigenvalue weighted by Crippen LogP contribution is -2.61. The summed E-state index contributed by atoms with van der Waals surface area (Å²) in [6, 6.07) is 6.62. The molecule has 2 fully saturated rings. The fourth-order valence-corrected chi connectivity index (χ4v) is 4.99. The van der Waals surface area contributed by atoms with E-state index in [-0.39, 0.29) is 18.6 Å². The van der Waals surface area contributed by atoms with Gasteiger partial charge in [0.05, 0.1) is 12.2 Å². The summed E-state index contributed by atoms with van der Waals surface area (Å²) in [5, 5.41) is 111. The van der Waals surface area contributed by atoms with Crippen LogP contribution in [0.2, 0.25) is 0 Å². The van der Waals surface area contributed by atoms with Crippen LogP contribution in [-0.2, 0) is 20.7 Å². The first-order chi connectivity index (χ1) is 20.3. The monoisotopic (exact) mass is 612 g/mol. The number of phenols is 3. The number of carbonyl (C=O) groups excluding carboxylic acids is 1. The third-order valence-corrected chi connectivity index (χ3v) is 7.36. The van der Waals surface area contributed by atoms with Crippen molar-refractivity contribution >= 4 is 11.8 Å². The standard InChI is InChI=1S/C27H32O16/c28-8-14-17(32)19(34)21(36)24(42-14)16-13(31)7-12(30)15(18(16)33)11(29)5-4-9-2-1-3-10(6-9)41-27-23(38)20(35)22(37)25(43-27)26(39)40/h1-3,6-7,14,17,19-25,27-28,30-38H,4-5,8H2,(H,39,40). The molecule has 2 aliphatic heterocycles. The molecule has 0 amide bonds. The fourth-order valence-electron chi connectivity index (χ4n) is 4.99. The maximum Gasteiger partial charge on any atom is 0.335 e. The second kappa shape index (κ2) is 13.0. The van der Waals surface area contributed by atoms with Gasteiger partial charge in [-0.15, -0.1) is 0 Å². The third kappa shape index (κ3) is 6.37. The maximum atomic E-state index is 13.1. The van der Waals surface area contributed by atoms with E-state index in [1.165, 1.54) is 18.2 Å². The van der Waals surface area contributed by atoms with Gasteiger partial charge in [-0.2, -0.15) is 0 Å². The molecule has 0 bridgehead atoms. The Morgan fingerprint density at radius 2 is 1.49 bits per heavy atom. The second-order valence-corrected chi connectivity index (χ2v) is 10.2. The predicted octanol–water partition coefficient (Wildman–Crippen LogP) is -2.60. The van der Waals surface area contributed by atoms with Crippen LogP contribution in [0.15, 0.2) is 30.3 Å². The molecule has 2 saturated heterocycles. The van der Waals surface area contributed by atoms with E-state index in [1.54, 1.807) is 6.07 Å². The molecule has 0 aliphatic carbocycles. The molecule has 236 valence electrons. The number of ether oxygens (including phenoxy) is 3. The zero-order chi connectivity index (χ0) is 31.7. The molecule has 2 heterocycles. The number of aliphatic hydroxyl groups excluding tert-OH is 7. The molecule has 2 aliphatic rings. The van der Waals surface area contributed by atoms with Crippen LogP contribution in [0, 0.1) is 0 Å². The molecule has 4 rings (SSSR count). The van der Waals surface area contributed by atoms with E-state index in [2.05, 4.69) is 0 Å². The van der Waals surface area contributed by atoms with Crippen molar-refractivity contribution in [1.29, 1.82) is 0 Å². The second-order valence-electron chi connectivity index (χ2n) is 10.2. The van der Waals surface area contributed by atoms with Crippen molar-refractivity contribution < 1.29 is 80.0 Å². The normalized spacial score (nSPS) is 32.7. The highest BCUT2D eigenvalue weighted by Gasteiger charge is 2.48. The molecule has 0 aromatic heterocycles. The highest BCUT2D eigenvalue weighted by atomic mass is 16.7. The number of carboxylic acids is 1. The summed E-state index contributed by atoms with van der Waals surface area (Å²) in [4.78, 5) is 24.4. The number of aromatic hydroxyl groups is 3. The average Bonchev–Trinajstić information content (AvgIpc) is 2.96. The molecule has 2 aromatic carbocycles. The van der Waals surface area contributed by atoms with Crippen LogP contribution in [0.1, 0.15) is 34.0 Å². The van der Waals surface area contributed by atoms with Gasteiger partial charge in [0, 0.05) is 12.5 Å². The number of hydrogen-bond acceptors (Lipinski definition) is 15. The van der Waals surface area contributed by atoms with Gasteiger partial charge in [-0.1, -0.05) is 12.1 Å². The number of benzene rings is 2. The predicted molar refractivity (Wildman–Crippen MR) is 138 cm³/mol. The number of carbonyl (C=O) groups is 2. The van der Waals surface area contributed by atoms with E-state index in [9.17, 15) is 65.8 Å². The van der Waals surface area contributed by atoms with Gasteiger partial charge in [0.15, 0.2) is 11.9 Å². The first kappa shape index (κ1) is 32.3. The molecular weight excluding hydrogens is 580 g/mol. The molecular formula is C27H32O16. The summed E-state index contributed by atoms with van der Waals surface area (Å²) >= 11 is 0. The Bertz CT molecular complexity index is 1330. The van der Waals surface area contributed by atoms with Crippen molar-refractivity contribution in [2.45, 2.75) is 74.1 Å². The topological polar surface area (TPSA) is 284 Å². The molecule has 0 spiro atoms. The van der Waals surface area contributed by atoms with Gasteiger partial charge in [0.25, 0.3) is 0 Å². The van der Waals surface area contributed by atoms with Gasteiger partial charge in [-0.05, 0) is 24.1 Å². The highest BCUT2D eigenvalue weighted by Crippen LogP contribution is 2.46. The lowest BCUT2D eigenvalue weighted by atomic mass is 9.88. The van der Waals surface area contributed by atoms with Gasteiger partial charge in [-0.25, -0.2) is 4.79 Å². The van der Waals surface area contributed by atoms with E-state index in [0.717, 1.165) is 6.07 Å². The van der Waals surface area contributed by atoms with Crippen LogP contribution in [0.3, 0.4) is 0 Å². The minimum atomic E-state index is -1.90. The van der Waals surface area contributed by atoms with Gasteiger partial charge in [0.1, 0.15) is 77.4 Å². The minimum Gasteiger partial charge on any atom is -0.507 e. The Kier molecular flexibility index (Phi) is 9.75. The number of aliphatic carboxylic acids is 1.